The average Bonchev–Trinajstić information content (AvgIpc) is 3.16. The normalized spacial score (nSPS) is 11.4. The van der Waals surface area contributed by atoms with Gasteiger partial charge < -0.3 is 15.2 Å². The van der Waals surface area contributed by atoms with Crippen molar-refractivity contribution in [3.8, 4) is 0 Å². The van der Waals surface area contributed by atoms with E-state index in [2.05, 4.69) is 54.4 Å². The van der Waals surface area contributed by atoms with Gasteiger partial charge in [-0.15, -0.1) is 0 Å². The first kappa shape index (κ1) is 19.9. The predicted octanol–water partition coefficient (Wildman–Crippen LogP) is 2.93. The molecule has 0 atom stereocenters. The summed E-state index contributed by atoms with van der Waals surface area (Å²) in [5, 5.41) is 7.17. The van der Waals surface area contributed by atoms with E-state index in [0.717, 1.165) is 49.8 Å². The summed E-state index contributed by atoms with van der Waals surface area (Å²) >= 11 is 5.81. The van der Waals surface area contributed by atoms with Crippen LogP contribution in [-0.4, -0.2) is 40.6 Å². The Morgan fingerprint density at radius 2 is 1.79 bits per heavy atom. The first-order chi connectivity index (χ1) is 13.7. The minimum atomic E-state index is 0.514. The lowest BCUT2D eigenvalue weighted by atomic mass is 10.2. The Hall–Kier alpha value is -2.86. The van der Waals surface area contributed by atoms with E-state index in [9.17, 15) is 0 Å². The molecule has 0 amide bonds. The fourth-order valence-electron chi connectivity index (χ4n) is 2.89. The second-order valence-electron chi connectivity index (χ2n) is 6.37. The molecule has 0 saturated heterocycles. The predicted molar refractivity (Wildman–Crippen MR) is 114 cm³/mol. The maximum atomic E-state index is 5.81. The molecule has 0 aliphatic heterocycles. The molecule has 2 N–H and O–H groups in total. The molecular formula is C21H25ClN6. The monoisotopic (exact) mass is 396 g/mol. The molecule has 0 aliphatic rings. The van der Waals surface area contributed by atoms with Crippen LogP contribution in [-0.2, 0) is 19.4 Å². The van der Waals surface area contributed by atoms with E-state index in [-0.39, 0.29) is 0 Å². The number of aliphatic imine (C=N–C) groups is 1. The van der Waals surface area contributed by atoms with E-state index >= 15 is 0 Å². The van der Waals surface area contributed by atoms with Crippen molar-refractivity contribution in [3.05, 3.63) is 83.2 Å². The molecule has 0 bridgehead atoms. The number of guanidine groups is 1. The Labute approximate surface area is 170 Å². The van der Waals surface area contributed by atoms with Crippen LogP contribution in [0.15, 0.2) is 66.0 Å². The summed E-state index contributed by atoms with van der Waals surface area (Å²) in [6.07, 6.45) is 7.35. The minimum absolute atomic E-state index is 0.514. The van der Waals surface area contributed by atoms with Crippen LogP contribution in [0.2, 0.25) is 5.15 Å². The number of halogens is 1. The van der Waals surface area contributed by atoms with Crippen molar-refractivity contribution >= 4 is 17.6 Å². The molecule has 6 nitrogen and oxygen atoms in total. The van der Waals surface area contributed by atoms with Crippen LogP contribution in [0.4, 0.5) is 0 Å². The van der Waals surface area contributed by atoms with E-state index in [4.69, 9.17) is 11.6 Å². The van der Waals surface area contributed by atoms with Gasteiger partial charge in [0.2, 0.25) is 0 Å². The summed E-state index contributed by atoms with van der Waals surface area (Å²) in [4.78, 5) is 12.9. The van der Waals surface area contributed by atoms with Gasteiger partial charge in [0, 0.05) is 51.7 Å². The van der Waals surface area contributed by atoms with E-state index in [1.54, 1.807) is 13.2 Å². The third-order valence-corrected chi connectivity index (χ3v) is 4.58. The fourth-order valence-corrected chi connectivity index (χ4v) is 3.00. The molecule has 0 aliphatic carbocycles. The number of pyridine rings is 1. The van der Waals surface area contributed by atoms with Crippen LogP contribution in [0, 0.1) is 0 Å². The van der Waals surface area contributed by atoms with Crippen molar-refractivity contribution in [3.63, 3.8) is 0 Å². The van der Waals surface area contributed by atoms with Gasteiger partial charge >= 0.3 is 0 Å². The molecule has 146 valence electrons. The highest BCUT2D eigenvalue weighted by Gasteiger charge is 2.05. The van der Waals surface area contributed by atoms with Crippen LogP contribution in [0.25, 0.3) is 0 Å². The number of aromatic nitrogens is 3. The van der Waals surface area contributed by atoms with E-state index in [0.29, 0.717) is 5.15 Å². The Morgan fingerprint density at radius 3 is 2.50 bits per heavy atom. The van der Waals surface area contributed by atoms with Crippen LogP contribution >= 0.6 is 11.6 Å². The molecule has 1 aromatic carbocycles. The molecule has 0 unspecified atom stereocenters. The third-order valence-electron chi connectivity index (χ3n) is 4.36. The Kier molecular flexibility index (Phi) is 7.44. The zero-order valence-corrected chi connectivity index (χ0v) is 16.7. The number of nitrogens with one attached hydrogen (secondary N) is 2. The van der Waals surface area contributed by atoms with E-state index < -0.39 is 0 Å². The van der Waals surface area contributed by atoms with Crippen LogP contribution < -0.4 is 10.6 Å². The topological polar surface area (TPSA) is 67.1 Å². The summed E-state index contributed by atoms with van der Waals surface area (Å²) < 4.78 is 2.18. The SMILES string of the molecule is CN=C(NCCc1ccc(Cl)nc1)NCCc1nccn1Cc1ccccc1. The molecular weight excluding hydrogens is 372 g/mol. The zero-order chi connectivity index (χ0) is 19.6. The van der Waals surface area contributed by atoms with Crippen molar-refractivity contribution in [1.82, 2.24) is 25.2 Å². The van der Waals surface area contributed by atoms with Crippen molar-refractivity contribution in [2.24, 2.45) is 4.99 Å². The molecule has 0 spiro atoms. The van der Waals surface area contributed by atoms with Crippen molar-refractivity contribution in [1.29, 1.82) is 0 Å². The first-order valence-electron chi connectivity index (χ1n) is 9.33. The molecule has 3 aromatic rings. The first-order valence-corrected chi connectivity index (χ1v) is 9.71. The number of hydrogen-bond donors (Lipinski definition) is 2. The van der Waals surface area contributed by atoms with Crippen LogP contribution in [0.3, 0.4) is 0 Å². The van der Waals surface area contributed by atoms with Crippen molar-refractivity contribution < 1.29 is 0 Å². The summed E-state index contributed by atoms with van der Waals surface area (Å²) in [5.41, 5.74) is 2.40. The van der Waals surface area contributed by atoms with Gasteiger partial charge in [-0.1, -0.05) is 48.0 Å². The van der Waals surface area contributed by atoms with Gasteiger partial charge in [-0.2, -0.15) is 0 Å². The van der Waals surface area contributed by atoms with Gasteiger partial charge in [0.25, 0.3) is 0 Å². The van der Waals surface area contributed by atoms with Gasteiger partial charge in [0.15, 0.2) is 5.96 Å². The standard InChI is InChI=1S/C21H25ClN6/c1-23-21(25-11-9-17-7-8-19(22)27-15-17)26-12-10-20-24-13-14-28(20)16-18-5-3-2-4-6-18/h2-8,13-15H,9-12,16H2,1H3,(H2,23,25,26). The zero-order valence-electron chi connectivity index (χ0n) is 16.0. The highest BCUT2D eigenvalue weighted by Crippen LogP contribution is 2.06. The van der Waals surface area contributed by atoms with Crippen molar-refractivity contribution in [2.75, 3.05) is 20.1 Å². The second-order valence-corrected chi connectivity index (χ2v) is 6.76. The van der Waals surface area contributed by atoms with Crippen LogP contribution in [0.1, 0.15) is 17.0 Å². The van der Waals surface area contributed by atoms with Gasteiger partial charge in [0.1, 0.15) is 11.0 Å². The molecule has 0 radical (unpaired) electrons. The molecule has 2 aromatic heterocycles. The Bertz CT molecular complexity index is 873. The van der Waals surface area contributed by atoms with Gasteiger partial charge in [0.05, 0.1) is 0 Å². The lowest BCUT2D eigenvalue weighted by Gasteiger charge is -2.12. The van der Waals surface area contributed by atoms with Crippen LogP contribution in [0.5, 0.6) is 0 Å². The molecule has 2 heterocycles. The lowest BCUT2D eigenvalue weighted by molar-refractivity contribution is 0.693. The number of benzene rings is 1. The second kappa shape index (κ2) is 10.5. The largest absolute Gasteiger partial charge is 0.356 e. The number of rotatable bonds is 8. The number of nitrogens with zero attached hydrogens (tertiary/aromatic N) is 4. The fraction of sp³-hybridized carbons (Fsp3) is 0.286. The lowest BCUT2D eigenvalue weighted by Crippen LogP contribution is -2.39. The quantitative estimate of drug-likeness (QED) is 0.349. The molecule has 3 rings (SSSR count). The van der Waals surface area contributed by atoms with E-state index in [1.165, 1.54) is 5.56 Å². The highest BCUT2D eigenvalue weighted by molar-refractivity contribution is 6.29. The van der Waals surface area contributed by atoms with Crippen molar-refractivity contribution in [2.45, 2.75) is 19.4 Å². The van der Waals surface area contributed by atoms with Gasteiger partial charge in [-0.3, -0.25) is 4.99 Å². The number of hydrogen-bond acceptors (Lipinski definition) is 3. The van der Waals surface area contributed by atoms with Gasteiger partial charge in [-0.05, 0) is 23.6 Å². The number of imidazole rings is 1. The maximum Gasteiger partial charge on any atom is 0.191 e. The Morgan fingerprint density at radius 1 is 1.00 bits per heavy atom. The molecule has 0 saturated carbocycles. The maximum absolute atomic E-state index is 5.81. The van der Waals surface area contributed by atoms with E-state index in [1.807, 2.05) is 30.6 Å². The average molecular weight is 397 g/mol. The smallest absolute Gasteiger partial charge is 0.191 e. The summed E-state index contributed by atoms with van der Waals surface area (Å²) in [6.45, 7) is 2.36. The third kappa shape index (κ3) is 6.09. The molecule has 7 heteroatoms. The van der Waals surface area contributed by atoms with Gasteiger partial charge in [-0.25, -0.2) is 9.97 Å². The summed E-state index contributed by atoms with van der Waals surface area (Å²) in [7, 11) is 1.77. The minimum Gasteiger partial charge on any atom is -0.356 e. The summed E-state index contributed by atoms with van der Waals surface area (Å²) in [5.74, 6) is 1.84. The molecule has 28 heavy (non-hydrogen) atoms. The highest BCUT2D eigenvalue weighted by atomic mass is 35.5. The molecule has 0 fully saturated rings. The Balaban J connectivity index is 1.42. The summed E-state index contributed by atoms with van der Waals surface area (Å²) in [6, 6.07) is 14.2.